The molecule has 5 heteroatoms. The van der Waals surface area contributed by atoms with Gasteiger partial charge >= 0.3 is 5.97 Å². The predicted octanol–water partition coefficient (Wildman–Crippen LogP) is 4.65. The van der Waals surface area contributed by atoms with Gasteiger partial charge in [0.2, 0.25) is 5.90 Å². The van der Waals surface area contributed by atoms with Crippen LogP contribution in [0.4, 0.5) is 0 Å². The summed E-state index contributed by atoms with van der Waals surface area (Å²) in [6.45, 7) is 1.97. The van der Waals surface area contributed by atoms with Crippen molar-refractivity contribution in [1.29, 1.82) is 0 Å². The van der Waals surface area contributed by atoms with Gasteiger partial charge in [0, 0.05) is 5.02 Å². The third kappa shape index (κ3) is 2.91. The molecular formula is C17H11Cl2NO2. The molecule has 0 unspecified atom stereocenters. The van der Waals surface area contributed by atoms with Gasteiger partial charge in [0.15, 0.2) is 5.70 Å². The Bertz CT molecular complexity index is 825. The molecule has 1 heterocycles. The van der Waals surface area contributed by atoms with Gasteiger partial charge in [0.05, 0.1) is 10.6 Å². The zero-order valence-corrected chi connectivity index (χ0v) is 13.2. The van der Waals surface area contributed by atoms with Gasteiger partial charge in [-0.05, 0) is 42.3 Å². The second-order valence-electron chi connectivity index (χ2n) is 4.82. The fourth-order valence-corrected chi connectivity index (χ4v) is 2.57. The molecule has 0 aromatic heterocycles. The number of carbonyl (C=O) groups is 1. The number of hydrogen-bond acceptors (Lipinski definition) is 3. The summed E-state index contributed by atoms with van der Waals surface area (Å²) in [5.74, 6) is -0.309. The summed E-state index contributed by atoms with van der Waals surface area (Å²) in [6.07, 6.45) is 1.70. The predicted molar refractivity (Wildman–Crippen MR) is 88.2 cm³/mol. The number of carbonyl (C=O) groups excluding carboxylic acids is 1. The summed E-state index contributed by atoms with van der Waals surface area (Å²) in [6, 6.07) is 12.6. The molecule has 110 valence electrons. The monoisotopic (exact) mass is 331 g/mol. The first kappa shape index (κ1) is 14.8. The highest BCUT2D eigenvalue weighted by Crippen LogP contribution is 2.26. The standard InChI is InChI=1S/C17H11Cl2NO2/c1-10-4-2-3-5-11(10)8-15-17(21)22-16(20-15)13-7-6-12(18)9-14(13)19/h2-9H,1H3. The Labute approximate surface area is 137 Å². The Morgan fingerprint density at radius 2 is 1.91 bits per heavy atom. The minimum atomic E-state index is -0.496. The Morgan fingerprint density at radius 1 is 1.14 bits per heavy atom. The lowest BCUT2D eigenvalue weighted by Gasteiger charge is -2.02. The molecule has 0 bridgehead atoms. The number of aryl methyl sites for hydroxylation is 1. The van der Waals surface area contributed by atoms with Crippen LogP contribution in [0, 0.1) is 6.92 Å². The molecule has 2 aromatic carbocycles. The largest absolute Gasteiger partial charge is 0.402 e. The molecule has 0 amide bonds. The van der Waals surface area contributed by atoms with E-state index in [4.69, 9.17) is 27.9 Å². The number of halogens is 2. The highest BCUT2D eigenvalue weighted by Gasteiger charge is 2.25. The minimum Gasteiger partial charge on any atom is -0.402 e. The molecule has 3 rings (SSSR count). The maximum Gasteiger partial charge on any atom is 0.363 e. The molecule has 1 aliphatic rings. The van der Waals surface area contributed by atoms with E-state index in [2.05, 4.69) is 4.99 Å². The van der Waals surface area contributed by atoms with Crippen LogP contribution in [0.25, 0.3) is 6.08 Å². The van der Waals surface area contributed by atoms with Gasteiger partial charge in [-0.1, -0.05) is 47.5 Å². The molecule has 0 N–H and O–H groups in total. The number of esters is 1. The molecule has 0 fully saturated rings. The third-order valence-electron chi connectivity index (χ3n) is 3.26. The van der Waals surface area contributed by atoms with E-state index in [1.165, 1.54) is 0 Å². The van der Waals surface area contributed by atoms with E-state index >= 15 is 0 Å². The molecule has 3 nitrogen and oxygen atoms in total. The molecule has 22 heavy (non-hydrogen) atoms. The van der Waals surface area contributed by atoms with Gasteiger partial charge in [0.25, 0.3) is 0 Å². The summed E-state index contributed by atoms with van der Waals surface area (Å²) >= 11 is 12.0. The number of nitrogens with zero attached hydrogens (tertiary/aromatic N) is 1. The maximum atomic E-state index is 12.0. The quantitative estimate of drug-likeness (QED) is 0.593. The van der Waals surface area contributed by atoms with Crippen LogP contribution in [0.5, 0.6) is 0 Å². The van der Waals surface area contributed by atoms with Crippen molar-refractivity contribution in [3.8, 4) is 0 Å². The highest BCUT2D eigenvalue weighted by atomic mass is 35.5. The topological polar surface area (TPSA) is 38.7 Å². The number of benzene rings is 2. The smallest absolute Gasteiger partial charge is 0.363 e. The first-order valence-corrected chi connectivity index (χ1v) is 7.34. The van der Waals surface area contributed by atoms with E-state index in [1.807, 2.05) is 31.2 Å². The molecule has 0 saturated carbocycles. The normalized spacial score (nSPS) is 15.9. The number of hydrogen-bond donors (Lipinski definition) is 0. The summed E-state index contributed by atoms with van der Waals surface area (Å²) in [5.41, 5.74) is 2.75. The van der Waals surface area contributed by atoms with Crippen molar-refractivity contribution < 1.29 is 9.53 Å². The Morgan fingerprint density at radius 3 is 2.64 bits per heavy atom. The number of cyclic esters (lactones) is 1. The van der Waals surface area contributed by atoms with Crippen molar-refractivity contribution in [2.45, 2.75) is 6.92 Å². The summed E-state index contributed by atoms with van der Waals surface area (Å²) in [7, 11) is 0. The summed E-state index contributed by atoms with van der Waals surface area (Å²) in [4.78, 5) is 16.2. The van der Waals surface area contributed by atoms with Crippen LogP contribution >= 0.6 is 23.2 Å². The SMILES string of the molecule is Cc1ccccc1C=C1N=C(c2ccc(Cl)cc2Cl)OC1=O. The van der Waals surface area contributed by atoms with Gasteiger partial charge in [-0.3, -0.25) is 0 Å². The molecule has 0 spiro atoms. The fourth-order valence-electron chi connectivity index (χ4n) is 2.08. The van der Waals surface area contributed by atoms with Crippen molar-refractivity contribution in [3.63, 3.8) is 0 Å². The first-order chi connectivity index (χ1) is 10.5. The van der Waals surface area contributed by atoms with Crippen molar-refractivity contribution in [2.24, 2.45) is 4.99 Å². The van der Waals surface area contributed by atoms with Crippen LogP contribution in [0.3, 0.4) is 0 Å². The average Bonchev–Trinajstić information content (AvgIpc) is 2.82. The van der Waals surface area contributed by atoms with E-state index < -0.39 is 5.97 Å². The lowest BCUT2D eigenvalue weighted by Crippen LogP contribution is -2.05. The van der Waals surface area contributed by atoms with Crippen LogP contribution in [-0.2, 0) is 9.53 Å². The van der Waals surface area contributed by atoms with E-state index in [0.717, 1.165) is 11.1 Å². The summed E-state index contributed by atoms with van der Waals surface area (Å²) in [5, 5.41) is 0.894. The Kier molecular flexibility index (Phi) is 4.01. The average molecular weight is 332 g/mol. The zero-order chi connectivity index (χ0) is 15.7. The lowest BCUT2D eigenvalue weighted by molar-refractivity contribution is -0.129. The molecule has 0 atom stereocenters. The Balaban J connectivity index is 2.00. The highest BCUT2D eigenvalue weighted by molar-refractivity contribution is 6.37. The van der Waals surface area contributed by atoms with Gasteiger partial charge in [-0.25, -0.2) is 9.79 Å². The van der Waals surface area contributed by atoms with Crippen molar-refractivity contribution in [2.75, 3.05) is 0 Å². The van der Waals surface area contributed by atoms with E-state index in [1.54, 1.807) is 24.3 Å². The maximum absolute atomic E-state index is 12.0. The summed E-state index contributed by atoms with van der Waals surface area (Å²) < 4.78 is 5.21. The second kappa shape index (κ2) is 5.95. The second-order valence-corrected chi connectivity index (χ2v) is 5.66. The van der Waals surface area contributed by atoms with Crippen LogP contribution in [0.15, 0.2) is 53.2 Å². The van der Waals surface area contributed by atoms with E-state index in [0.29, 0.717) is 15.6 Å². The third-order valence-corrected chi connectivity index (χ3v) is 3.81. The van der Waals surface area contributed by atoms with Crippen LogP contribution in [-0.4, -0.2) is 11.9 Å². The van der Waals surface area contributed by atoms with Crippen LogP contribution in [0.1, 0.15) is 16.7 Å². The zero-order valence-electron chi connectivity index (χ0n) is 11.6. The Hall–Kier alpha value is -2.10. The molecule has 0 radical (unpaired) electrons. The fraction of sp³-hybridized carbons (Fsp3) is 0.0588. The van der Waals surface area contributed by atoms with Crippen molar-refractivity contribution in [3.05, 3.63) is 74.9 Å². The van der Waals surface area contributed by atoms with E-state index in [-0.39, 0.29) is 11.6 Å². The lowest BCUT2D eigenvalue weighted by atomic mass is 10.1. The van der Waals surface area contributed by atoms with Crippen molar-refractivity contribution >= 4 is 41.1 Å². The molecule has 1 aliphatic heterocycles. The number of ether oxygens (including phenoxy) is 1. The first-order valence-electron chi connectivity index (χ1n) is 6.58. The van der Waals surface area contributed by atoms with Crippen LogP contribution in [0.2, 0.25) is 10.0 Å². The van der Waals surface area contributed by atoms with Gasteiger partial charge in [0.1, 0.15) is 0 Å². The van der Waals surface area contributed by atoms with E-state index in [9.17, 15) is 4.79 Å². The van der Waals surface area contributed by atoms with Gasteiger partial charge < -0.3 is 4.74 Å². The van der Waals surface area contributed by atoms with Crippen LogP contribution < -0.4 is 0 Å². The minimum absolute atomic E-state index is 0.187. The number of rotatable bonds is 2. The molecule has 0 aliphatic carbocycles. The van der Waals surface area contributed by atoms with Crippen molar-refractivity contribution in [1.82, 2.24) is 0 Å². The van der Waals surface area contributed by atoms with Gasteiger partial charge in [-0.2, -0.15) is 0 Å². The van der Waals surface area contributed by atoms with Gasteiger partial charge in [-0.15, -0.1) is 0 Å². The molecule has 0 saturated heterocycles. The number of aliphatic imine (C=N–C) groups is 1. The molecular weight excluding hydrogens is 321 g/mol. The molecule has 2 aromatic rings.